The summed E-state index contributed by atoms with van der Waals surface area (Å²) >= 11 is 0. The summed E-state index contributed by atoms with van der Waals surface area (Å²) in [5, 5.41) is 16.1. The normalized spacial score (nSPS) is 11.6. The van der Waals surface area contributed by atoms with E-state index >= 15 is 0 Å². The molecule has 0 aliphatic rings. The van der Waals surface area contributed by atoms with E-state index in [1.165, 1.54) is 6.20 Å². The molecular weight excluding hydrogens is 304 g/mol. The van der Waals surface area contributed by atoms with Crippen LogP contribution in [0.2, 0.25) is 0 Å². The van der Waals surface area contributed by atoms with Crippen LogP contribution in [0.5, 0.6) is 0 Å². The van der Waals surface area contributed by atoms with Crippen LogP contribution in [0, 0.1) is 31.1 Å². The molecule has 0 radical (unpaired) electrons. The van der Waals surface area contributed by atoms with Crippen molar-refractivity contribution in [3.05, 3.63) is 47.3 Å². The molecule has 0 aliphatic carbocycles. The van der Waals surface area contributed by atoms with E-state index in [1.54, 1.807) is 17.7 Å². The zero-order chi connectivity index (χ0) is 17.7. The molecular formula is C18H20N4O2. The average molecular weight is 324 g/mol. The molecule has 0 saturated carbocycles. The lowest BCUT2D eigenvalue weighted by molar-refractivity contribution is -0.122. The topological polar surface area (TPSA) is 87.8 Å². The predicted molar refractivity (Wildman–Crippen MR) is 89.8 cm³/mol. The first-order chi connectivity index (χ1) is 11.5. The zero-order valence-corrected chi connectivity index (χ0v) is 14.0. The molecule has 0 spiro atoms. The van der Waals surface area contributed by atoms with E-state index in [4.69, 9.17) is 0 Å². The zero-order valence-electron chi connectivity index (χ0n) is 14.0. The Balaban J connectivity index is 2.33. The van der Waals surface area contributed by atoms with Gasteiger partial charge in [0.1, 0.15) is 0 Å². The highest BCUT2D eigenvalue weighted by atomic mass is 16.2. The Kier molecular flexibility index (Phi) is 5.48. The molecule has 0 saturated heterocycles. The van der Waals surface area contributed by atoms with Gasteiger partial charge in [-0.1, -0.05) is 25.1 Å². The molecule has 1 aromatic carbocycles. The van der Waals surface area contributed by atoms with E-state index in [9.17, 15) is 14.9 Å². The van der Waals surface area contributed by atoms with Gasteiger partial charge in [-0.05, 0) is 31.9 Å². The van der Waals surface area contributed by atoms with Crippen LogP contribution in [-0.4, -0.2) is 28.0 Å². The quantitative estimate of drug-likeness (QED) is 0.652. The molecule has 2 aromatic rings. The molecule has 1 aromatic heterocycles. The first-order valence-electron chi connectivity index (χ1n) is 7.83. The highest BCUT2D eigenvalue weighted by Crippen LogP contribution is 2.19. The van der Waals surface area contributed by atoms with Gasteiger partial charge in [0.05, 0.1) is 29.2 Å². The fourth-order valence-corrected chi connectivity index (χ4v) is 2.44. The Hall–Kier alpha value is -2.94. The molecule has 0 bridgehead atoms. The minimum atomic E-state index is -1.36. The van der Waals surface area contributed by atoms with E-state index in [2.05, 4.69) is 10.4 Å². The van der Waals surface area contributed by atoms with Crippen molar-refractivity contribution in [2.75, 3.05) is 6.54 Å². The number of ketones is 1. The second kappa shape index (κ2) is 7.55. The number of aryl methyl sites for hydroxylation is 1. The van der Waals surface area contributed by atoms with Crippen LogP contribution in [-0.2, 0) is 4.79 Å². The summed E-state index contributed by atoms with van der Waals surface area (Å²) in [6, 6.07) is 9.47. The summed E-state index contributed by atoms with van der Waals surface area (Å²) in [7, 11) is 0. The first kappa shape index (κ1) is 17.4. The van der Waals surface area contributed by atoms with Crippen LogP contribution in [0.25, 0.3) is 5.69 Å². The Morgan fingerprint density at radius 3 is 2.67 bits per heavy atom. The lowest BCUT2D eigenvalue weighted by Crippen LogP contribution is -2.35. The Bertz CT molecular complexity index is 802. The lowest BCUT2D eigenvalue weighted by Gasteiger charge is -2.10. The van der Waals surface area contributed by atoms with Crippen molar-refractivity contribution < 1.29 is 9.59 Å². The number of rotatable bonds is 6. The second-order valence-electron chi connectivity index (χ2n) is 5.56. The third kappa shape index (κ3) is 3.35. The van der Waals surface area contributed by atoms with Crippen molar-refractivity contribution in [3.63, 3.8) is 0 Å². The van der Waals surface area contributed by atoms with Gasteiger partial charge < -0.3 is 5.32 Å². The van der Waals surface area contributed by atoms with Crippen LogP contribution in [0.15, 0.2) is 30.5 Å². The first-order valence-corrected chi connectivity index (χ1v) is 7.83. The summed E-state index contributed by atoms with van der Waals surface area (Å²) in [6.45, 7) is 6.05. The number of hydrogen-bond acceptors (Lipinski definition) is 4. The van der Waals surface area contributed by atoms with Crippen molar-refractivity contribution in [1.82, 2.24) is 15.1 Å². The number of hydrogen-bond donors (Lipinski definition) is 1. The molecule has 6 nitrogen and oxygen atoms in total. The molecule has 0 fully saturated rings. The van der Waals surface area contributed by atoms with Crippen LogP contribution in [0.1, 0.15) is 35.0 Å². The fourth-order valence-electron chi connectivity index (χ4n) is 2.44. The van der Waals surface area contributed by atoms with Crippen LogP contribution >= 0.6 is 0 Å². The number of Topliss-reactive ketones (excluding diaryl/α,β-unsaturated/α-hetero) is 1. The van der Waals surface area contributed by atoms with Crippen molar-refractivity contribution in [2.45, 2.75) is 27.2 Å². The van der Waals surface area contributed by atoms with Gasteiger partial charge in [-0.3, -0.25) is 9.59 Å². The summed E-state index contributed by atoms with van der Waals surface area (Å²) in [5.74, 6) is -2.44. The predicted octanol–water partition coefficient (Wildman–Crippen LogP) is 2.34. The van der Waals surface area contributed by atoms with Crippen LogP contribution < -0.4 is 5.32 Å². The van der Waals surface area contributed by atoms with E-state index < -0.39 is 17.6 Å². The number of carbonyl (C=O) groups is 2. The minimum absolute atomic E-state index is 0.288. The Morgan fingerprint density at radius 2 is 2.04 bits per heavy atom. The van der Waals surface area contributed by atoms with Gasteiger partial charge in [-0.2, -0.15) is 10.4 Å². The number of benzene rings is 1. The van der Waals surface area contributed by atoms with Crippen molar-refractivity contribution in [2.24, 2.45) is 5.92 Å². The molecule has 124 valence electrons. The van der Waals surface area contributed by atoms with Crippen LogP contribution in [0.4, 0.5) is 0 Å². The molecule has 1 unspecified atom stereocenters. The number of nitriles is 1. The van der Waals surface area contributed by atoms with E-state index in [0.29, 0.717) is 12.2 Å². The third-order valence-corrected chi connectivity index (χ3v) is 3.82. The number of nitrogens with zero attached hydrogens (tertiary/aromatic N) is 3. The van der Waals surface area contributed by atoms with Gasteiger partial charge in [-0.25, -0.2) is 4.68 Å². The van der Waals surface area contributed by atoms with Crippen LogP contribution in [0.3, 0.4) is 0 Å². The number of carbonyl (C=O) groups excluding carboxylic acids is 2. The summed E-state index contributed by atoms with van der Waals surface area (Å²) in [4.78, 5) is 24.6. The van der Waals surface area contributed by atoms with Crippen molar-refractivity contribution in [3.8, 4) is 11.8 Å². The van der Waals surface area contributed by atoms with Gasteiger partial charge in [0.25, 0.3) is 0 Å². The highest BCUT2D eigenvalue weighted by Gasteiger charge is 2.30. The van der Waals surface area contributed by atoms with Gasteiger partial charge >= 0.3 is 0 Å². The van der Waals surface area contributed by atoms with Gasteiger partial charge in [0.2, 0.25) is 5.91 Å². The maximum Gasteiger partial charge on any atom is 0.245 e. The van der Waals surface area contributed by atoms with E-state index in [0.717, 1.165) is 17.7 Å². The molecule has 0 aliphatic heterocycles. The standard InChI is InChI=1S/C18H20N4O2/c1-4-9-20-18(24)14(10-19)17(23)15-11-21-22(13(15)3)16-8-6-5-7-12(16)2/h5-8,11,14H,4,9H2,1-3H3,(H,20,24). The van der Waals surface area contributed by atoms with Crippen molar-refractivity contribution >= 4 is 11.7 Å². The van der Waals surface area contributed by atoms with E-state index in [-0.39, 0.29) is 5.56 Å². The van der Waals surface area contributed by atoms with Gasteiger partial charge in [0, 0.05) is 6.54 Å². The maximum atomic E-state index is 12.6. The minimum Gasteiger partial charge on any atom is -0.355 e. The summed E-state index contributed by atoms with van der Waals surface area (Å²) in [5.41, 5.74) is 2.77. The van der Waals surface area contributed by atoms with Gasteiger partial charge in [-0.15, -0.1) is 0 Å². The van der Waals surface area contributed by atoms with E-state index in [1.807, 2.05) is 38.1 Å². The lowest BCUT2D eigenvalue weighted by atomic mass is 9.98. The summed E-state index contributed by atoms with van der Waals surface area (Å²) < 4.78 is 1.65. The molecule has 1 amide bonds. The van der Waals surface area contributed by atoms with Crippen molar-refractivity contribution in [1.29, 1.82) is 5.26 Å². The largest absolute Gasteiger partial charge is 0.355 e. The second-order valence-corrected chi connectivity index (χ2v) is 5.56. The molecule has 1 N–H and O–H groups in total. The maximum absolute atomic E-state index is 12.6. The third-order valence-electron chi connectivity index (χ3n) is 3.82. The number of nitrogens with one attached hydrogen (secondary N) is 1. The molecule has 1 atom stereocenters. The fraction of sp³-hybridized carbons (Fsp3) is 0.333. The SMILES string of the molecule is CCCNC(=O)C(C#N)C(=O)c1cnn(-c2ccccc2C)c1C. The number of aromatic nitrogens is 2. The highest BCUT2D eigenvalue weighted by molar-refractivity contribution is 6.12. The summed E-state index contributed by atoms with van der Waals surface area (Å²) in [6.07, 6.45) is 2.16. The monoisotopic (exact) mass is 324 g/mol. The molecule has 6 heteroatoms. The number of amides is 1. The average Bonchev–Trinajstić information content (AvgIpc) is 2.95. The number of para-hydroxylation sites is 1. The Morgan fingerprint density at radius 1 is 1.33 bits per heavy atom. The van der Waals surface area contributed by atoms with Gasteiger partial charge in [0.15, 0.2) is 11.7 Å². The molecule has 2 rings (SSSR count). The Labute approximate surface area is 141 Å². The molecule has 24 heavy (non-hydrogen) atoms. The molecule has 1 heterocycles. The smallest absolute Gasteiger partial charge is 0.245 e.